The summed E-state index contributed by atoms with van der Waals surface area (Å²) in [6.45, 7) is -0.0271. The average molecular weight is 372 g/mol. The lowest BCUT2D eigenvalue weighted by Crippen LogP contribution is -2.23. The summed E-state index contributed by atoms with van der Waals surface area (Å²) in [7, 11) is 0. The standard InChI is InChI=1S/C19H15F3N4O/c20-19(21,22)15-5-3-4-13(8-15)10-25-18(27)14-9-16(12-23-11-14)26-17-6-1-2-7-24-17/h1-9,11-12H,10H2,(H,24,26)(H,25,27). The van der Waals surface area contributed by atoms with Gasteiger partial charge in [0.25, 0.3) is 5.91 Å². The molecule has 138 valence electrons. The Labute approximate surface area is 153 Å². The number of nitrogens with zero attached hydrogens (tertiary/aromatic N) is 2. The number of pyridine rings is 2. The van der Waals surface area contributed by atoms with Crippen molar-refractivity contribution in [2.45, 2.75) is 12.7 Å². The number of hydrogen-bond acceptors (Lipinski definition) is 4. The minimum atomic E-state index is -4.42. The highest BCUT2D eigenvalue weighted by atomic mass is 19.4. The number of halogens is 3. The van der Waals surface area contributed by atoms with Gasteiger partial charge < -0.3 is 10.6 Å². The second kappa shape index (κ2) is 7.86. The van der Waals surface area contributed by atoms with Gasteiger partial charge in [-0.15, -0.1) is 0 Å². The minimum Gasteiger partial charge on any atom is -0.348 e. The lowest BCUT2D eigenvalue weighted by molar-refractivity contribution is -0.137. The van der Waals surface area contributed by atoms with Crippen molar-refractivity contribution in [2.75, 3.05) is 5.32 Å². The van der Waals surface area contributed by atoms with Crippen molar-refractivity contribution in [2.24, 2.45) is 0 Å². The molecule has 0 atom stereocenters. The summed E-state index contributed by atoms with van der Waals surface area (Å²) in [6.07, 6.45) is 0.125. The van der Waals surface area contributed by atoms with Gasteiger partial charge >= 0.3 is 6.18 Å². The molecule has 2 N–H and O–H groups in total. The molecule has 3 aromatic rings. The van der Waals surface area contributed by atoms with E-state index in [2.05, 4.69) is 20.6 Å². The molecule has 1 amide bonds. The van der Waals surface area contributed by atoms with Crippen LogP contribution in [-0.2, 0) is 12.7 Å². The first-order valence-corrected chi connectivity index (χ1v) is 7.99. The number of carbonyl (C=O) groups is 1. The van der Waals surface area contributed by atoms with E-state index in [0.717, 1.165) is 12.1 Å². The zero-order valence-corrected chi connectivity index (χ0v) is 14.0. The van der Waals surface area contributed by atoms with Gasteiger partial charge in [0.15, 0.2) is 0 Å². The molecule has 0 fully saturated rings. The first-order valence-electron chi connectivity index (χ1n) is 7.99. The predicted molar refractivity (Wildman–Crippen MR) is 94.4 cm³/mol. The van der Waals surface area contributed by atoms with Gasteiger partial charge in [0.05, 0.1) is 23.0 Å². The molecule has 8 heteroatoms. The van der Waals surface area contributed by atoms with Crippen LogP contribution in [-0.4, -0.2) is 15.9 Å². The predicted octanol–water partition coefficient (Wildman–Crippen LogP) is 4.17. The van der Waals surface area contributed by atoms with Crippen LogP contribution in [0.3, 0.4) is 0 Å². The van der Waals surface area contributed by atoms with E-state index in [-0.39, 0.29) is 12.1 Å². The van der Waals surface area contributed by atoms with Gasteiger partial charge in [0.1, 0.15) is 5.82 Å². The van der Waals surface area contributed by atoms with Gasteiger partial charge in [0.2, 0.25) is 0 Å². The van der Waals surface area contributed by atoms with E-state index < -0.39 is 17.6 Å². The van der Waals surface area contributed by atoms with Crippen LogP contribution in [0.2, 0.25) is 0 Å². The fourth-order valence-electron chi connectivity index (χ4n) is 2.36. The van der Waals surface area contributed by atoms with Gasteiger partial charge in [-0.2, -0.15) is 13.2 Å². The first kappa shape index (κ1) is 18.4. The summed E-state index contributed by atoms with van der Waals surface area (Å²) in [5.41, 5.74) is 0.453. The van der Waals surface area contributed by atoms with E-state index in [0.29, 0.717) is 17.1 Å². The second-order valence-electron chi connectivity index (χ2n) is 5.68. The van der Waals surface area contributed by atoms with Crippen LogP contribution in [0.15, 0.2) is 67.1 Å². The smallest absolute Gasteiger partial charge is 0.348 e. The van der Waals surface area contributed by atoms with E-state index in [9.17, 15) is 18.0 Å². The van der Waals surface area contributed by atoms with Gasteiger partial charge in [0, 0.05) is 18.9 Å². The molecular weight excluding hydrogens is 357 g/mol. The minimum absolute atomic E-state index is 0.0271. The van der Waals surface area contributed by atoms with Crippen LogP contribution < -0.4 is 10.6 Å². The molecule has 0 spiro atoms. The van der Waals surface area contributed by atoms with Crippen LogP contribution >= 0.6 is 0 Å². The Morgan fingerprint density at radius 3 is 2.63 bits per heavy atom. The molecule has 27 heavy (non-hydrogen) atoms. The van der Waals surface area contributed by atoms with Crippen LogP contribution in [0.25, 0.3) is 0 Å². The van der Waals surface area contributed by atoms with Crippen molar-refractivity contribution in [3.05, 3.63) is 83.8 Å². The van der Waals surface area contributed by atoms with E-state index >= 15 is 0 Å². The molecule has 2 aromatic heterocycles. The maximum Gasteiger partial charge on any atom is 0.416 e. The van der Waals surface area contributed by atoms with Crippen LogP contribution in [0.5, 0.6) is 0 Å². The summed E-state index contributed by atoms with van der Waals surface area (Å²) in [4.78, 5) is 20.4. The van der Waals surface area contributed by atoms with E-state index in [1.165, 1.54) is 24.5 Å². The van der Waals surface area contributed by atoms with Gasteiger partial charge in [-0.1, -0.05) is 18.2 Å². The number of rotatable bonds is 5. The van der Waals surface area contributed by atoms with Crippen molar-refractivity contribution in [1.29, 1.82) is 0 Å². The Kier molecular flexibility index (Phi) is 5.35. The molecule has 0 unspecified atom stereocenters. The largest absolute Gasteiger partial charge is 0.416 e. The third-order valence-electron chi connectivity index (χ3n) is 3.65. The highest BCUT2D eigenvalue weighted by Gasteiger charge is 2.30. The average Bonchev–Trinajstić information content (AvgIpc) is 2.67. The molecule has 1 aromatic carbocycles. The van der Waals surface area contributed by atoms with Crippen LogP contribution in [0, 0.1) is 0 Å². The molecule has 0 bridgehead atoms. The molecule has 0 aliphatic rings. The number of alkyl halides is 3. The molecule has 2 heterocycles. The van der Waals surface area contributed by atoms with Crippen molar-refractivity contribution >= 4 is 17.4 Å². The maximum atomic E-state index is 12.7. The van der Waals surface area contributed by atoms with Crippen LogP contribution in [0.1, 0.15) is 21.5 Å². The number of carbonyl (C=O) groups excluding carboxylic acids is 1. The SMILES string of the molecule is O=C(NCc1cccc(C(F)(F)F)c1)c1cncc(Nc2ccccn2)c1. The third kappa shape index (κ3) is 5.04. The Morgan fingerprint density at radius 1 is 1.04 bits per heavy atom. The molecule has 0 radical (unpaired) electrons. The van der Waals surface area contributed by atoms with Crippen molar-refractivity contribution < 1.29 is 18.0 Å². The Hall–Kier alpha value is -3.42. The van der Waals surface area contributed by atoms with E-state index in [1.54, 1.807) is 24.4 Å². The summed E-state index contributed by atoms with van der Waals surface area (Å²) in [5, 5.41) is 5.61. The van der Waals surface area contributed by atoms with Gasteiger partial charge in [-0.25, -0.2) is 4.98 Å². The van der Waals surface area contributed by atoms with Crippen molar-refractivity contribution in [1.82, 2.24) is 15.3 Å². The topological polar surface area (TPSA) is 66.9 Å². The number of amides is 1. The molecule has 5 nitrogen and oxygen atoms in total. The quantitative estimate of drug-likeness (QED) is 0.706. The normalized spacial score (nSPS) is 11.1. The first-order chi connectivity index (χ1) is 12.9. The molecule has 0 aliphatic carbocycles. The van der Waals surface area contributed by atoms with Gasteiger partial charge in [-0.3, -0.25) is 9.78 Å². The van der Waals surface area contributed by atoms with Crippen molar-refractivity contribution in [3.63, 3.8) is 0 Å². The second-order valence-corrected chi connectivity index (χ2v) is 5.68. The molecule has 3 rings (SSSR count). The Morgan fingerprint density at radius 2 is 1.89 bits per heavy atom. The monoisotopic (exact) mass is 372 g/mol. The lowest BCUT2D eigenvalue weighted by Gasteiger charge is -2.10. The molecular formula is C19H15F3N4O. The number of aromatic nitrogens is 2. The zero-order valence-electron chi connectivity index (χ0n) is 14.0. The third-order valence-corrected chi connectivity index (χ3v) is 3.65. The summed E-state index contributed by atoms with van der Waals surface area (Å²) < 4.78 is 38.2. The number of benzene rings is 1. The molecule has 0 saturated carbocycles. The van der Waals surface area contributed by atoms with Gasteiger partial charge in [-0.05, 0) is 35.9 Å². The lowest BCUT2D eigenvalue weighted by atomic mass is 10.1. The summed E-state index contributed by atoms with van der Waals surface area (Å²) in [5.74, 6) is 0.158. The molecule has 0 saturated heterocycles. The highest BCUT2D eigenvalue weighted by Crippen LogP contribution is 2.29. The zero-order chi connectivity index (χ0) is 19.3. The summed E-state index contributed by atoms with van der Waals surface area (Å²) in [6, 6.07) is 11.8. The Bertz CT molecular complexity index is 929. The maximum absolute atomic E-state index is 12.7. The molecule has 0 aliphatic heterocycles. The fourth-order valence-corrected chi connectivity index (χ4v) is 2.36. The number of nitrogens with one attached hydrogen (secondary N) is 2. The number of anilines is 2. The van der Waals surface area contributed by atoms with Crippen molar-refractivity contribution in [3.8, 4) is 0 Å². The summed E-state index contributed by atoms with van der Waals surface area (Å²) >= 11 is 0. The Balaban J connectivity index is 1.66. The van der Waals surface area contributed by atoms with E-state index in [1.807, 2.05) is 6.07 Å². The number of hydrogen-bond donors (Lipinski definition) is 2. The fraction of sp³-hybridized carbons (Fsp3) is 0.105. The highest BCUT2D eigenvalue weighted by molar-refractivity contribution is 5.94. The van der Waals surface area contributed by atoms with Crippen LogP contribution in [0.4, 0.5) is 24.7 Å². The van der Waals surface area contributed by atoms with E-state index in [4.69, 9.17) is 0 Å².